The maximum Gasteiger partial charge on any atom is 0.125 e. The van der Waals surface area contributed by atoms with Crippen molar-refractivity contribution in [3.05, 3.63) is 29.3 Å². The highest BCUT2D eigenvalue weighted by Gasteiger charge is 2.19. The van der Waals surface area contributed by atoms with Gasteiger partial charge in [-0.25, -0.2) is 0 Å². The van der Waals surface area contributed by atoms with E-state index in [-0.39, 0.29) is 12.5 Å². The number of para-hydroxylation sites is 1. The summed E-state index contributed by atoms with van der Waals surface area (Å²) in [6, 6.07) is 5.92. The Bertz CT molecular complexity index is 325. The Kier molecular flexibility index (Phi) is 4.12. The van der Waals surface area contributed by atoms with Gasteiger partial charge in [-0.3, -0.25) is 0 Å². The molecular weight excluding hydrogens is 190 g/mol. The molecule has 3 heteroatoms. The SMILES string of the molecule is COc1c(C)cccc1C(C)C(O)CN. The van der Waals surface area contributed by atoms with Crippen molar-refractivity contribution in [3.63, 3.8) is 0 Å². The third-order valence-electron chi connectivity index (χ3n) is 2.76. The fourth-order valence-electron chi connectivity index (χ4n) is 1.72. The minimum absolute atomic E-state index is 0.00940. The summed E-state index contributed by atoms with van der Waals surface area (Å²) >= 11 is 0. The van der Waals surface area contributed by atoms with E-state index in [1.165, 1.54) is 0 Å². The number of hydrogen-bond acceptors (Lipinski definition) is 3. The molecule has 0 amide bonds. The van der Waals surface area contributed by atoms with Gasteiger partial charge < -0.3 is 15.6 Å². The molecular formula is C12H19NO2. The molecule has 0 saturated heterocycles. The highest BCUT2D eigenvalue weighted by atomic mass is 16.5. The Morgan fingerprint density at radius 3 is 2.67 bits per heavy atom. The van der Waals surface area contributed by atoms with E-state index in [9.17, 15) is 5.11 Å². The van der Waals surface area contributed by atoms with Gasteiger partial charge in [0.2, 0.25) is 0 Å². The molecule has 0 heterocycles. The average Bonchev–Trinajstić information content (AvgIpc) is 2.26. The highest BCUT2D eigenvalue weighted by Crippen LogP contribution is 2.31. The van der Waals surface area contributed by atoms with Crippen molar-refractivity contribution in [3.8, 4) is 5.75 Å². The van der Waals surface area contributed by atoms with Crippen LogP contribution in [-0.4, -0.2) is 24.9 Å². The van der Waals surface area contributed by atoms with Crippen molar-refractivity contribution in [1.29, 1.82) is 0 Å². The van der Waals surface area contributed by atoms with Crippen LogP contribution in [-0.2, 0) is 0 Å². The maximum absolute atomic E-state index is 9.71. The molecule has 0 bridgehead atoms. The van der Waals surface area contributed by atoms with Crippen LogP contribution in [0.2, 0.25) is 0 Å². The van der Waals surface area contributed by atoms with E-state index in [1.807, 2.05) is 32.0 Å². The first-order valence-corrected chi connectivity index (χ1v) is 5.13. The van der Waals surface area contributed by atoms with E-state index in [2.05, 4.69) is 0 Å². The number of aliphatic hydroxyl groups is 1. The fraction of sp³-hybridized carbons (Fsp3) is 0.500. The molecule has 0 fully saturated rings. The summed E-state index contributed by atoms with van der Waals surface area (Å²) in [6.07, 6.45) is -0.527. The number of methoxy groups -OCH3 is 1. The van der Waals surface area contributed by atoms with Crippen LogP contribution in [0.25, 0.3) is 0 Å². The van der Waals surface area contributed by atoms with Gasteiger partial charge in [0, 0.05) is 12.5 Å². The highest BCUT2D eigenvalue weighted by molar-refractivity contribution is 5.43. The zero-order valence-electron chi connectivity index (χ0n) is 9.53. The Labute approximate surface area is 90.9 Å². The van der Waals surface area contributed by atoms with Gasteiger partial charge in [0.1, 0.15) is 5.75 Å². The van der Waals surface area contributed by atoms with Crippen LogP contribution in [0.1, 0.15) is 24.0 Å². The number of hydrogen-bond donors (Lipinski definition) is 2. The van der Waals surface area contributed by atoms with Gasteiger partial charge in [-0.05, 0) is 18.1 Å². The number of benzene rings is 1. The van der Waals surface area contributed by atoms with Crippen molar-refractivity contribution < 1.29 is 9.84 Å². The van der Waals surface area contributed by atoms with E-state index in [1.54, 1.807) is 7.11 Å². The van der Waals surface area contributed by atoms with Crippen molar-refractivity contribution in [1.82, 2.24) is 0 Å². The molecule has 3 N–H and O–H groups in total. The minimum atomic E-state index is -0.527. The molecule has 0 saturated carbocycles. The predicted molar refractivity (Wildman–Crippen MR) is 61.2 cm³/mol. The van der Waals surface area contributed by atoms with Crippen molar-refractivity contribution in [2.24, 2.45) is 5.73 Å². The van der Waals surface area contributed by atoms with Crippen molar-refractivity contribution in [2.75, 3.05) is 13.7 Å². The molecule has 2 atom stereocenters. The van der Waals surface area contributed by atoms with E-state index >= 15 is 0 Å². The standard InChI is InChI=1S/C12H19NO2/c1-8-5-4-6-10(12(8)15-3)9(2)11(14)7-13/h4-6,9,11,14H,7,13H2,1-3H3. The quantitative estimate of drug-likeness (QED) is 0.788. The van der Waals surface area contributed by atoms with Crippen LogP contribution in [0, 0.1) is 6.92 Å². The van der Waals surface area contributed by atoms with E-state index < -0.39 is 6.10 Å². The van der Waals surface area contributed by atoms with Crippen LogP contribution >= 0.6 is 0 Å². The molecule has 1 aromatic carbocycles. The molecule has 0 aliphatic heterocycles. The van der Waals surface area contributed by atoms with E-state index in [4.69, 9.17) is 10.5 Å². The predicted octanol–water partition coefficient (Wildman–Crippen LogP) is 1.43. The first-order chi connectivity index (χ1) is 7.11. The van der Waals surface area contributed by atoms with Crippen LogP contribution in [0.4, 0.5) is 0 Å². The van der Waals surface area contributed by atoms with Crippen molar-refractivity contribution in [2.45, 2.75) is 25.9 Å². The van der Waals surface area contributed by atoms with Crippen LogP contribution in [0.15, 0.2) is 18.2 Å². The molecule has 3 nitrogen and oxygen atoms in total. The van der Waals surface area contributed by atoms with Crippen molar-refractivity contribution >= 4 is 0 Å². The third-order valence-corrected chi connectivity index (χ3v) is 2.76. The summed E-state index contributed by atoms with van der Waals surface area (Å²) in [5, 5.41) is 9.71. The summed E-state index contributed by atoms with van der Waals surface area (Å²) < 4.78 is 5.34. The van der Waals surface area contributed by atoms with E-state index in [0.717, 1.165) is 16.9 Å². The first kappa shape index (κ1) is 12.0. The second-order valence-corrected chi connectivity index (χ2v) is 3.79. The van der Waals surface area contributed by atoms with Crippen LogP contribution < -0.4 is 10.5 Å². The Balaban J connectivity index is 3.07. The number of nitrogens with two attached hydrogens (primary N) is 1. The van der Waals surface area contributed by atoms with Gasteiger partial charge in [0.05, 0.1) is 13.2 Å². The fourth-order valence-corrected chi connectivity index (χ4v) is 1.72. The second kappa shape index (κ2) is 5.14. The van der Waals surface area contributed by atoms with Gasteiger partial charge in [-0.2, -0.15) is 0 Å². The topological polar surface area (TPSA) is 55.5 Å². The smallest absolute Gasteiger partial charge is 0.125 e. The monoisotopic (exact) mass is 209 g/mol. The Hall–Kier alpha value is -1.06. The minimum Gasteiger partial charge on any atom is -0.496 e. The number of rotatable bonds is 4. The maximum atomic E-state index is 9.71. The summed E-state index contributed by atoms with van der Waals surface area (Å²) in [5.74, 6) is 0.836. The zero-order valence-corrected chi connectivity index (χ0v) is 9.53. The normalized spacial score (nSPS) is 14.7. The van der Waals surface area contributed by atoms with Crippen LogP contribution in [0.3, 0.4) is 0 Å². The summed E-state index contributed by atoms with van der Waals surface area (Å²) in [4.78, 5) is 0. The van der Waals surface area contributed by atoms with Gasteiger partial charge >= 0.3 is 0 Å². The largest absolute Gasteiger partial charge is 0.496 e. The van der Waals surface area contributed by atoms with E-state index in [0.29, 0.717) is 0 Å². The zero-order chi connectivity index (χ0) is 11.4. The molecule has 15 heavy (non-hydrogen) atoms. The Morgan fingerprint density at radius 2 is 2.13 bits per heavy atom. The number of aryl methyl sites for hydroxylation is 1. The molecule has 0 spiro atoms. The number of ether oxygens (including phenoxy) is 1. The average molecular weight is 209 g/mol. The first-order valence-electron chi connectivity index (χ1n) is 5.13. The molecule has 1 rings (SSSR count). The van der Waals surface area contributed by atoms with Crippen LogP contribution in [0.5, 0.6) is 5.75 Å². The lowest BCUT2D eigenvalue weighted by atomic mass is 9.93. The second-order valence-electron chi connectivity index (χ2n) is 3.79. The third kappa shape index (κ3) is 2.49. The molecule has 0 aliphatic carbocycles. The molecule has 0 radical (unpaired) electrons. The molecule has 1 aromatic rings. The molecule has 84 valence electrons. The number of aliphatic hydroxyl groups excluding tert-OH is 1. The summed E-state index contributed by atoms with van der Waals surface area (Å²) in [6.45, 7) is 4.21. The van der Waals surface area contributed by atoms with Gasteiger partial charge in [-0.1, -0.05) is 25.1 Å². The molecule has 2 unspecified atom stereocenters. The summed E-state index contributed by atoms with van der Waals surface area (Å²) in [5.41, 5.74) is 7.53. The lowest BCUT2D eigenvalue weighted by molar-refractivity contribution is 0.156. The van der Waals surface area contributed by atoms with Gasteiger partial charge in [0.25, 0.3) is 0 Å². The molecule has 0 aliphatic rings. The lowest BCUT2D eigenvalue weighted by Gasteiger charge is -2.21. The molecule has 0 aromatic heterocycles. The van der Waals surface area contributed by atoms with Gasteiger partial charge in [0.15, 0.2) is 0 Å². The Morgan fingerprint density at radius 1 is 1.47 bits per heavy atom. The van der Waals surface area contributed by atoms with Gasteiger partial charge in [-0.15, -0.1) is 0 Å². The summed E-state index contributed by atoms with van der Waals surface area (Å²) in [7, 11) is 1.65. The lowest BCUT2D eigenvalue weighted by Crippen LogP contribution is -2.26.